The van der Waals surface area contributed by atoms with Gasteiger partial charge < -0.3 is 20.1 Å². The van der Waals surface area contributed by atoms with Crippen molar-refractivity contribution >= 4 is 11.8 Å². The van der Waals surface area contributed by atoms with Crippen LogP contribution in [0, 0.1) is 0 Å². The van der Waals surface area contributed by atoms with Gasteiger partial charge in [0, 0.05) is 51.3 Å². The number of aromatic nitrogens is 2. The quantitative estimate of drug-likeness (QED) is 0.849. The molecule has 0 saturated carbocycles. The Morgan fingerprint density at radius 1 is 1.08 bits per heavy atom. The number of hydrogen-bond donors (Lipinski definition) is 2. The average molecular weight is 341 g/mol. The lowest BCUT2D eigenvalue weighted by Gasteiger charge is -2.21. The van der Waals surface area contributed by atoms with Crippen LogP contribution in [0.3, 0.4) is 0 Å². The Morgan fingerprint density at radius 3 is 2.60 bits per heavy atom. The Hall–Kier alpha value is -2.50. The van der Waals surface area contributed by atoms with Crippen LogP contribution < -0.4 is 15.5 Å². The first kappa shape index (κ1) is 17.3. The molecule has 6 heteroatoms. The molecule has 2 amide bonds. The minimum absolute atomic E-state index is 0.139. The Balaban J connectivity index is 1.44. The highest BCUT2D eigenvalue weighted by molar-refractivity contribution is 5.73. The number of rotatable bonds is 6. The van der Waals surface area contributed by atoms with Gasteiger partial charge in [-0.3, -0.25) is 0 Å². The van der Waals surface area contributed by atoms with Crippen LogP contribution in [0.4, 0.5) is 10.6 Å². The topological polar surface area (TPSA) is 62.2 Å². The molecule has 3 rings (SSSR count). The number of carbonyl (C=O) groups is 1. The van der Waals surface area contributed by atoms with Crippen molar-refractivity contribution in [1.29, 1.82) is 0 Å². The van der Waals surface area contributed by atoms with Gasteiger partial charge in [0.2, 0.25) is 0 Å². The van der Waals surface area contributed by atoms with E-state index in [0.29, 0.717) is 13.1 Å². The van der Waals surface area contributed by atoms with Crippen molar-refractivity contribution in [2.24, 2.45) is 0 Å². The summed E-state index contributed by atoms with van der Waals surface area (Å²) in [5.74, 6) is 1.02. The van der Waals surface area contributed by atoms with Gasteiger partial charge in [-0.25, -0.2) is 9.78 Å². The Kier molecular flexibility index (Phi) is 6.31. The third-order valence-electron chi connectivity index (χ3n) is 4.51. The fourth-order valence-electron chi connectivity index (χ4n) is 3.11. The molecule has 25 heavy (non-hydrogen) atoms. The zero-order valence-corrected chi connectivity index (χ0v) is 14.7. The normalized spacial score (nSPS) is 14.8. The van der Waals surface area contributed by atoms with E-state index in [0.717, 1.165) is 31.0 Å². The van der Waals surface area contributed by atoms with Crippen molar-refractivity contribution < 1.29 is 4.79 Å². The fraction of sp³-hybridized carbons (Fsp3) is 0.474. The summed E-state index contributed by atoms with van der Waals surface area (Å²) in [5.41, 5.74) is 1.08. The molecule has 0 bridgehead atoms. The van der Waals surface area contributed by atoms with Gasteiger partial charge in [0.25, 0.3) is 0 Å². The molecule has 134 valence electrons. The first-order valence-electron chi connectivity index (χ1n) is 9.13. The van der Waals surface area contributed by atoms with E-state index in [9.17, 15) is 4.79 Å². The number of carbonyl (C=O) groups excluding carboxylic acids is 1. The van der Waals surface area contributed by atoms with Crippen molar-refractivity contribution in [2.75, 3.05) is 24.5 Å². The van der Waals surface area contributed by atoms with E-state index in [4.69, 9.17) is 0 Å². The van der Waals surface area contributed by atoms with Crippen LogP contribution in [-0.2, 0) is 13.1 Å². The molecule has 0 unspecified atom stereocenters. The number of nitrogens with one attached hydrogen (secondary N) is 2. The highest BCUT2D eigenvalue weighted by atomic mass is 16.2. The van der Waals surface area contributed by atoms with Gasteiger partial charge in [-0.05, 0) is 42.7 Å². The summed E-state index contributed by atoms with van der Waals surface area (Å²) in [6, 6.07) is 7.87. The second-order valence-electron chi connectivity index (χ2n) is 6.45. The number of urea groups is 1. The fourth-order valence-corrected chi connectivity index (χ4v) is 3.11. The maximum absolute atomic E-state index is 11.9. The van der Waals surface area contributed by atoms with Crippen LogP contribution >= 0.6 is 0 Å². The van der Waals surface area contributed by atoms with E-state index in [2.05, 4.69) is 26.6 Å². The summed E-state index contributed by atoms with van der Waals surface area (Å²) < 4.78 is 2.04. The van der Waals surface area contributed by atoms with Crippen molar-refractivity contribution in [3.05, 3.63) is 48.4 Å². The first-order chi connectivity index (χ1) is 12.3. The Morgan fingerprint density at radius 2 is 1.84 bits per heavy atom. The second-order valence-corrected chi connectivity index (χ2v) is 6.45. The number of hydrogen-bond acceptors (Lipinski definition) is 3. The molecule has 0 radical (unpaired) electrons. The molecular weight excluding hydrogens is 314 g/mol. The lowest BCUT2D eigenvalue weighted by molar-refractivity contribution is 0.240. The molecular formula is C19H27N5O. The molecule has 1 fully saturated rings. The van der Waals surface area contributed by atoms with E-state index >= 15 is 0 Å². The molecule has 0 aliphatic carbocycles. The van der Waals surface area contributed by atoms with E-state index in [1.165, 1.54) is 25.7 Å². The van der Waals surface area contributed by atoms with Crippen molar-refractivity contribution in [3.8, 4) is 0 Å². The van der Waals surface area contributed by atoms with Gasteiger partial charge in [-0.15, -0.1) is 0 Å². The van der Waals surface area contributed by atoms with Gasteiger partial charge in [0.05, 0.1) is 0 Å². The van der Waals surface area contributed by atoms with Crippen LogP contribution in [0.1, 0.15) is 31.2 Å². The van der Waals surface area contributed by atoms with Crippen LogP contribution in [-0.4, -0.2) is 35.2 Å². The number of anilines is 1. The van der Waals surface area contributed by atoms with E-state index in [-0.39, 0.29) is 6.03 Å². The number of pyridine rings is 1. The van der Waals surface area contributed by atoms with Crippen molar-refractivity contribution in [2.45, 2.75) is 38.8 Å². The lowest BCUT2D eigenvalue weighted by atomic mass is 10.2. The highest BCUT2D eigenvalue weighted by Crippen LogP contribution is 2.18. The molecule has 2 aromatic rings. The number of amides is 2. The second kappa shape index (κ2) is 9.11. The predicted molar refractivity (Wildman–Crippen MR) is 99.6 cm³/mol. The lowest BCUT2D eigenvalue weighted by Crippen LogP contribution is -2.36. The summed E-state index contributed by atoms with van der Waals surface area (Å²) in [7, 11) is 0. The van der Waals surface area contributed by atoms with Gasteiger partial charge in [-0.2, -0.15) is 0 Å². The standard InChI is InChI=1S/C19H27N5O/c25-19(21-9-14-23-10-5-6-11-23)22-16-17-7-8-20-18(15-17)24-12-3-1-2-4-13-24/h5-8,10-11,15H,1-4,9,12-14,16H2,(H2,21,22,25). The van der Waals surface area contributed by atoms with E-state index in [1.807, 2.05) is 41.4 Å². The van der Waals surface area contributed by atoms with Gasteiger partial charge in [-0.1, -0.05) is 12.8 Å². The molecule has 1 aliphatic heterocycles. The maximum Gasteiger partial charge on any atom is 0.315 e. The third kappa shape index (κ3) is 5.52. The summed E-state index contributed by atoms with van der Waals surface area (Å²) >= 11 is 0. The monoisotopic (exact) mass is 341 g/mol. The molecule has 6 nitrogen and oxygen atoms in total. The molecule has 0 aromatic carbocycles. The van der Waals surface area contributed by atoms with Crippen LogP contribution in [0.15, 0.2) is 42.9 Å². The molecule has 0 spiro atoms. The number of nitrogens with zero attached hydrogens (tertiary/aromatic N) is 3. The van der Waals surface area contributed by atoms with E-state index < -0.39 is 0 Å². The summed E-state index contributed by atoms with van der Waals surface area (Å²) in [6.45, 7) is 4.04. The Bertz CT molecular complexity index is 648. The molecule has 0 atom stereocenters. The molecule has 3 heterocycles. The van der Waals surface area contributed by atoms with Crippen LogP contribution in [0.2, 0.25) is 0 Å². The minimum Gasteiger partial charge on any atom is -0.357 e. The first-order valence-corrected chi connectivity index (χ1v) is 9.13. The van der Waals surface area contributed by atoms with Crippen LogP contribution in [0.25, 0.3) is 0 Å². The zero-order valence-electron chi connectivity index (χ0n) is 14.7. The third-order valence-corrected chi connectivity index (χ3v) is 4.51. The van der Waals surface area contributed by atoms with Crippen LogP contribution in [0.5, 0.6) is 0 Å². The molecule has 1 saturated heterocycles. The summed E-state index contributed by atoms with van der Waals surface area (Å²) in [4.78, 5) is 18.8. The molecule has 1 aliphatic rings. The SMILES string of the molecule is O=C(NCCn1cccc1)NCc1ccnc(N2CCCCCC2)c1. The minimum atomic E-state index is -0.139. The van der Waals surface area contributed by atoms with Gasteiger partial charge in [0.1, 0.15) is 5.82 Å². The highest BCUT2D eigenvalue weighted by Gasteiger charge is 2.11. The van der Waals surface area contributed by atoms with E-state index in [1.54, 1.807) is 0 Å². The maximum atomic E-state index is 11.9. The zero-order chi connectivity index (χ0) is 17.3. The van der Waals surface area contributed by atoms with Crippen molar-refractivity contribution in [3.63, 3.8) is 0 Å². The molecule has 2 N–H and O–H groups in total. The Labute approximate surface area is 149 Å². The van der Waals surface area contributed by atoms with Gasteiger partial charge in [0.15, 0.2) is 0 Å². The largest absolute Gasteiger partial charge is 0.357 e. The average Bonchev–Trinajstić information content (AvgIpc) is 3.00. The summed E-state index contributed by atoms with van der Waals surface area (Å²) in [6.07, 6.45) is 10.9. The molecule has 2 aromatic heterocycles. The van der Waals surface area contributed by atoms with Crippen molar-refractivity contribution in [1.82, 2.24) is 20.2 Å². The van der Waals surface area contributed by atoms with Gasteiger partial charge >= 0.3 is 6.03 Å². The smallest absolute Gasteiger partial charge is 0.315 e. The summed E-state index contributed by atoms with van der Waals surface area (Å²) in [5, 5.41) is 5.80. The predicted octanol–water partition coefficient (Wildman–Crippen LogP) is 2.76.